The number of furan rings is 1. The lowest BCUT2D eigenvalue weighted by Gasteiger charge is -2.05. The van der Waals surface area contributed by atoms with Gasteiger partial charge >= 0.3 is 0 Å². The van der Waals surface area contributed by atoms with Crippen molar-refractivity contribution in [2.24, 2.45) is 0 Å². The van der Waals surface area contributed by atoms with Gasteiger partial charge in [-0.15, -0.1) is 0 Å². The Labute approximate surface area is 145 Å². The van der Waals surface area contributed by atoms with Crippen LogP contribution in [0.2, 0.25) is 0 Å². The molecule has 24 heavy (non-hydrogen) atoms. The monoisotopic (exact) mass is 334 g/mol. The van der Waals surface area contributed by atoms with E-state index in [9.17, 15) is 0 Å². The zero-order valence-electron chi connectivity index (χ0n) is 13.6. The number of nitrogens with zero attached hydrogens (tertiary/aromatic N) is 1. The molecule has 4 heteroatoms. The Morgan fingerprint density at radius 3 is 2.54 bits per heavy atom. The zero-order chi connectivity index (χ0) is 16.5. The number of aromatic nitrogens is 1. The second-order valence-corrected chi connectivity index (χ2v) is 6.73. The minimum Gasteiger partial charge on any atom is -0.461 e. The van der Waals surface area contributed by atoms with Gasteiger partial charge in [0.15, 0.2) is 0 Å². The Bertz CT molecular complexity index is 985. The van der Waals surface area contributed by atoms with Gasteiger partial charge in [0, 0.05) is 27.7 Å². The van der Waals surface area contributed by atoms with E-state index in [1.54, 1.807) is 11.9 Å². The lowest BCUT2D eigenvalue weighted by molar-refractivity contribution is 0.549. The smallest absolute Gasteiger partial charge is 0.136 e. The highest BCUT2D eigenvalue weighted by molar-refractivity contribution is 7.97. The summed E-state index contributed by atoms with van der Waals surface area (Å²) in [6.45, 7) is 1.97. The Hall–Kier alpha value is -2.43. The molecule has 2 heterocycles. The van der Waals surface area contributed by atoms with E-state index in [1.807, 2.05) is 32.2 Å². The van der Waals surface area contributed by atoms with Crippen LogP contribution in [0.25, 0.3) is 27.9 Å². The first-order valence-electron chi connectivity index (χ1n) is 7.87. The molecule has 0 aliphatic rings. The third-order valence-corrected chi connectivity index (χ3v) is 4.73. The van der Waals surface area contributed by atoms with Crippen LogP contribution in [0.5, 0.6) is 0 Å². The first-order valence-corrected chi connectivity index (χ1v) is 8.69. The third-order valence-electron chi connectivity index (χ3n) is 4.04. The summed E-state index contributed by atoms with van der Waals surface area (Å²) in [6, 6.07) is 21.0. The SMILES string of the molecule is CNSc1ccc2c(c1)c(-c1ccc(C)o1)cn2-c1ccccc1. The van der Waals surface area contributed by atoms with Crippen LogP contribution in [0.4, 0.5) is 0 Å². The van der Waals surface area contributed by atoms with E-state index in [0.717, 1.165) is 22.8 Å². The molecule has 0 aliphatic heterocycles. The molecule has 2 aromatic heterocycles. The topological polar surface area (TPSA) is 30.1 Å². The Kier molecular flexibility index (Phi) is 3.92. The van der Waals surface area contributed by atoms with Crippen LogP contribution in [0.15, 0.2) is 76.2 Å². The van der Waals surface area contributed by atoms with Crippen molar-refractivity contribution in [3.8, 4) is 17.0 Å². The van der Waals surface area contributed by atoms with E-state index in [0.29, 0.717) is 0 Å². The molecule has 2 aromatic carbocycles. The molecule has 0 aliphatic carbocycles. The van der Waals surface area contributed by atoms with Gasteiger partial charge in [0.1, 0.15) is 11.5 Å². The van der Waals surface area contributed by atoms with Crippen LogP contribution in [0, 0.1) is 6.92 Å². The van der Waals surface area contributed by atoms with Crippen molar-refractivity contribution in [2.45, 2.75) is 11.8 Å². The summed E-state index contributed by atoms with van der Waals surface area (Å²) < 4.78 is 11.2. The number of aryl methyl sites for hydroxylation is 1. The Balaban J connectivity index is 1.98. The standard InChI is InChI=1S/C20H18N2OS/c1-14-8-11-20(23-14)18-13-22(15-6-4-3-5-7-15)19-10-9-16(24-21-2)12-17(18)19/h3-13,21H,1-2H3. The van der Waals surface area contributed by atoms with Crippen LogP contribution in [-0.4, -0.2) is 11.6 Å². The fourth-order valence-corrected chi connectivity index (χ4v) is 3.52. The van der Waals surface area contributed by atoms with Crippen molar-refractivity contribution in [3.63, 3.8) is 0 Å². The second kappa shape index (κ2) is 6.23. The molecule has 1 N–H and O–H groups in total. The average molecular weight is 334 g/mol. The van der Waals surface area contributed by atoms with Crippen LogP contribution < -0.4 is 4.72 Å². The molecule has 0 saturated heterocycles. The summed E-state index contributed by atoms with van der Waals surface area (Å²) in [6.07, 6.45) is 2.16. The highest BCUT2D eigenvalue weighted by Crippen LogP contribution is 2.35. The molecule has 0 radical (unpaired) electrons. The molecule has 4 aromatic rings. The fourth-order valence-electron chi connectivity index (χ4n) is 2.97. The summed E-state index contributed by atoms with van der Waals surface area (Å²) >= 11 is 1.61. The maximum atomic E-state index is 5.89. The average Bonchev–Trinajstić information content (AvgIpc) is 3.19. The maximum absolute atomic E-state index is 5.89. The maximum Gasteiger partial charge on any atom is 0.136 e. The molecular formula is C20H18N2OS. The van der Waals surface area contributed by atoms with Crippen molar-refractivity contribution in [3.05, 3.63) is 72.6 Å². The van der Waals surface area contributed by atoms with Crippen LogP contribution in [0.1, 0.15) is 5.76 Å². The lowest BCUT2D eigenvalue weighted by atomic mass is 10.1. The van der Waals surface area contributed by atoms with E-state index < -0.39 is 0 Å². The molecule has 120 valence electrons. The van der Waals surface area contributed by atoms with Crippen LogP contribution >= 0.6 is 11.9 Å². The van der Waals surface area contributed by atoms with E-state index in [1.165, 1.54) is 15.8 Å². The molecule has 0 atom stereocenters. The van der Waals surface area contributed by atoms with Crippen molar-refractivity contribution >= 4 is 22.9 Å². The molecule has 0 bridgehead atoms. The first kappa shape index (κ1) is 15.1. The van der Waals surface area contributed by atoms with Gasteiger partial charge < -0.3 is 8.98 Å². The number of rotatable bonds is 4. The summed E-state index contributed by atoms with van der Waals surface area (Å²) in [5.74, 6) is 1.82. The summed E-state index contributed by atoms with van der Waals surface area (Å²) in [4.78, 5) is 1.18. The number of hydrogen-bond donors (Lipinski definition) is 1. The lowest BCUT2D eigenvalue weighted by Crippen LogP contribution is -1.92. The van der Waals surface area contributed by atoms with Gasteiger partial charge in [0.25, 0.3) is 0 Å². The number of nitrogens with one attached hydrogen (secondary N) is 1. The largest absolute Gasteiger partial charge is 0.461 e. The highest BCUT2D eigenvalue weighted by atomic mass is 32.2. The van der Waals surface area contributed by atoms with Gasteiger partial charge in [-0.3, -0.25) is 4.72 Å². The Morgan fingerprint density at radius 1 is 1.00 bits per heavy atom. The predicted octanol–water partition coefficient (Wildman–Crippen LogP) is 5.43. The van der Waals surface area contributed by atoms with Crippen molar-refractivity contribution in [1.82, 2.24) is 9.29 Å². The van der Waals surface area contributed by atoms with Crippen LogP contribution in [0.3, 0.4) is 0 Å². The first-order chi connectivity index (χ1) is 11.8. The van der Waals surface area contributed by atoms with E-state index in [2.05, 4.69) is 58.0 Å². The molecular weight excluding hydrogens is 316 g/mol. The molecule has 0 spiro atoms. The zero-order valence-corrected chi connectivity index (χ0v) is 14.4. The highest BCUT2D eigenvalue weighted by Gasteiger charge is 2.14. The quantitative estimate of drug-likeness (QED) is 0.505. The summed E-state index contributed by atoms with van der Waals surface area (Å²) in [7, 11) is 1.93. The van der Waals surface area contributed by atoms with Crippen molar-refractivity contribution in [1.29, 1.82) is 0 Å². The molecule has 0 amide bonds. The van der Waals surface area contributed by atoms with Gasteiger partial charge in [-0.05, 0) is 68.4 Å². The number of para-hydroxylation sites is 1. The number of fused-ring (bicyclic) bond motifs is 1. The number of benzene rings is 2. The minimum atomic E-state index is 0.902. The van der Waals surface area contributed by atoms with Gasteiger partial charge in [-0.2, -0.15) is 0 Å². The van der Waals surface area contributed by atoms with Crippen LogP contribution in [-0.2, 0) is 0 Å². The molecule has 0 saturated carbocycles. The Morgan fingerprint density at radius 2 is 1.83 bits per heavy atom. The number of hydrogen-bond acceptors (Lipinski definition) is 3. The molecule has 0 unspecified atom stereocenters. The van der Waals surface area contributed by atoms with E-state index >= 15 is 0 Å². The molecule has 3 nitrogen and oxygen atoms in total. The van der Waals surface area contributed by atoms with Gasteiger partial charge in [-0.1, -0.05) is 18.2 Å². The van der Waals surface area contributed by atoms with Gasteiger partial charge in [0.2, 0.25) is 0 Å². The summed E-state index contributed by atoms with van der Waals surface area (Å²) in [5, 5.41) is 1.19. The summed E-state index contributed by atoms with van der Waals surface area (Å²) in [5.41, 5.74) is 3.43. The van der Waals surface area contributed by atoms with Crippen molar-refractivity contribution < 1.29 is 4.42 Å². The predicted molar refractivity (Wildman–Crippen MR) is 101 cm³/mol. The van der Waals surface area contributed by atoms with Crippen molar-refractivity contribution in [2.75, 3.05) is 7.05 Å². The van der Waals surface area contributed by atoms with Gasteiger partial charge in [-0.25, -0.2) is 0 Å². The van der Waals surface area contributed by atoms with E-state index in [-0.39, 0.29) is 0 Å². The molecule has 4 rings (SSSR count). The normalized spacial score (nSPS) is 11.2. The molecule has 0 fully saturated rings. The van der Waals surface area contributed by atoms with Gasteiger partial charge in [0.05, 0.1) is 5.52 Å². The third kappa shape index (κ3) is 2.64. The van der Waals surface area contributed by atoms with E-state index in [4.69, 9.17) is 4.42 Å². The second-order valence-electron chi connectivity index (χ2n) is 5.64. The minimum absolute atomic E-state index is 0.902. The fraction of sp³-hybridized carbons (Fsp3) is 0.100.